The molecule has 2 N–H and O–H groups in total. The van der Waals surface area contributed by atoms with Crippen molar-refractivity contribution < 1.29 is 19.7 Å². The summed E-state index contributed by atoms with van der Waals surface area (Å²) in [4.78, 5) is 11.5. The van der Waals surface area contributed by atoms with Crippen LogP contribution in [0.15, 0.2) is 0 Å². The molecule has 318 valence electrons. The molecular weight excluding hydrogens is 653 g/mol. The lowest BCUT2D eigenvalue weighted by Gasteiger charge is -2.08. The van der Waals surface area contributed by atoms with Gasteiger partial charge in [0.25, 0.3) is 0 Å². The van der Waals surface area contributed by atoms with Gasteiger partial charge in [0.1, 0.15) is 12.7 Å². The summed E-state index contributed by atoms with van der Waals surface area (Å²) in [6.45, 7) is 1.84. The van der Waals surface area contributed by atoms with Crippen molar-refractivity contribution in [3.63, 3.8) is 0 Å². The molecule has 0 heterocycles. The van der Waals surface area contributed by atoms with Crippen LogP contribution in [-0.2, 0) is 9.53 Å². The molecule has 0 fully saturated rings. The van der Waals surface area contributed by atoms with Gasteiger partial charge in [0.2, 0.25) is 0 Å². The van der Waals surface area contributed by atoms with E-state index in [1.165, 1.54) is 263 Å². The first-order valence-electron chi connectivity index (χ1n) is 24.6. The highest BCUT2D eigenvalue weighted by molar-refractivity contribution is 5.69. The molecule has 0 aromatic heterocycles. The van der Waals surface area contributed by atoms with Gasteiger partial charge in [-0.15, -0.1) is 0 Å². The van der Waals surface area contributed by atoms with Crippen molar-refractivity contribution in [3.05, 3.63) is 0 Å². The van der Waals surface area contributed by atoms with Crippen LogP contribution in [0.1, 0.15) is 289 Å². The highest BCUT2D eigenvalue weighted by atomic mass is 16.5. The van der Waals surface area contributed by atoms with Gasteiger partial charge in [0.05, 0.1) is 6.61 Å². The predicted octanol–water partition coefficient (Wildman–Crippen LogP) is 16.1. The van der Waals surface area contributed by atoms with Gasteiger partial charge in [-0.25, -0.2) is 0 Å². The second-order valence-electron chi connectivity index (χ2n) is 17.1. The minimum Gasteiger partial charge on any atom is -0.463 e. The predicted molar refractivity (Wildman–Crippen MR) is 233 cm³/mol. The minimum absolute atomic E-state index is 0.102. The third kappa shape index (κ3) is 47.5. The van der Waals surface area contributed by atoms with Crippen molar-refractivity contribution in [3.8, 4) is 0 Å². The minimum atomic E-state index is -0.957. The van der Waals surface area contributed by atoms with Crippen LogP contribution in [0, 0.1) is 0 Å². The van der Waals surface area contributed by atoms with E-state index in [-0.39, 0.29) is 19.2 Å². The Morgan fingerprint density at radius 2 is 0.547 bits per heavy atom. The van der Waals surface area contributed by atoms with Crippen molar-refractivity contribution in [1.29, 1.82) is 0 Å². The number of hydrogen-bond acceptors (Lipinski definition) is 4. The molecule has 0 saturated heterocycles. The van der Waals surface area contributed by atoms with Gasteiger partial charge >= 0.3 is 5.97 Å². The Morgan fingerprint density at radius 1 is 0.358 bits per heavy atom. The van der Waals surface area contributed by atoms with Crippen LogP contribution in [0.2, 0.25) is 0 Å². The summed E-state index contributed by atoms with van der Waals surface area (Å²) in [5.41, 5.74) is 0. The highest BCUT2D eigenvalue weighted by Crippen LogP contribution is 2.18. The van der Waals surface area contributed by atoms with Gasteiger partial charge in [0.15, 0.2) is 0 Å². The molecule has 0 aliphatic carbocycles. The molecule has 0 aromatic rings. The standard InChI is InChI=1S/C49H98O4/c1-2-3-4-5-6-7-8-9-10-11-12-13-14-15-16-17-18-19-20-21-22-23-24-25-26-27-28-29-30-31-32-33-34-35-36-37-38-39-40-41-42-43-44-45-49(52)53-47-48(51)46-50/h48,50-51H,2-47H2,1H3. The first-order valence-corrected chi connectivity index (χ1v) is 24.6. The molecule has 0 rings (SSSR count). The smallest absolute Gasteiger partial charge is 0.305 e. The maximum absolute atomic E-state index is 11.5. The summed E-state index contributed by atoms with van der Waals surface area (Å²) in [7, 11) is 0. The van der Waals surface area contributed by atoms with E-state index in [0.29, 0.717) is 6.42 Å². The Hall–Kier alpha value is -0.610. The van der Waals surface area contributed by atoms with Gasteiger partial charge in [-0.1, -0.05) is 277 Å². The number of carbonyl (C=O) groups excluding carboxylic acids is 1. The van der Waals surface area contributed by atoms with Crippen molar-refractivity contribution >= 4 is 5.97 Å². The Balaban J connectivity index is 3.09. The third-order valence-electron chi connectivity index (χ3n) is 11.6. The summed E-state index contributed by atoms with van der Waals surface area (Å²) in [6, 6.07) is 0. The van der Waals surface area contributed by atoms with E-state index in [2.05, 4.69) is 6.92 Å². The van der Waals surface area contributed by atoms with Crippen LogP contribution in [0.25, 0.3) is 0 Å². The van der Waals surface area contributed by atoms with Gasteiger partial charge in [-0.2, -0.15) is 0 Å². The van der Waals surface area contributed by atoms with E-state index in [9.17, 15) is 9.90 Å². The number of unbranched alkanes of at least 4 members (excludes halogenated alkanes) is 42. The van der Waals surface area contributed by atoms with Crippen LogP contribution < -0.4 is 0 Å². The molecule has 0 radical (unpaired) electrons. The monoisotopic (exact) mass is 751 g/mol. The summed E-state index contributed by atoms with van der Waals surface area (Å²) in [5, 5.41) is 17.9. The molecule has 0 aliphatic heterocycles. The van der Waals surface area contributed by atoms with E-state index in [1.54, 1.807) is 0 Å². The van der Waals surface area contributed by atoms with E-state index < -0.39 is 6.10 Å². The van der Waals surface area contributed by atoms with Crippen LogP contribution in [0.4, 0.5) is 0 Å². The van der Waals surface area contributed by atoms with Crippen molar-refractivity contribution in [2.45, 2.75) is 296 Å². The maximum Gasteiger partial charge on any atom is 0.305 e. The molecule has 0 aromatic carbocycles. The fraction of sp³-hybridized carbons (Fsp3) is 0.980. The number of carbonyl (C=O) groups is 1. The van der Waals surface area contributed by atoms with Crippen LogP contribution >= 0.6 is 0 Å². The molecule has 0 bridgehead atoms. The zero-order chi connectivity index (χ0) is 38.4. The van der Waals surface area contributed by atoms with Crippen molar-refractivity contribution in [2.24, 2.45) is 0 Å². The van der Waals surface area contributed by atoms with E-state index in [0.717, 1.165) is 12.8 Å². The fourth-order valence-electron chi connectivity index (χ4n) is 7.90. The molecule has 53 heavy (non-hydrogen) atoms. The van der Waals surface area contributed by atoms with E-state index in [1.807, 2.05) is 0 Å². The van der Waals surface area contributed by atoms with Crippen molar-refractivity contribution in [1.82, 2.24) is 0 Å². The number of ether oxygens (including phenoxy) is 1. The summed E-state index contributed by atoms with van der Waals surface area (Å²) in [6.07, 6.45) is 60.5. The molecule has 0 amide bonds. The molecule has 0 saturated carbocycles. The quantitative estimate of drug-likeness (QED) is 0.0480. The van der Waals surface area contributed by atoms with Gasteiger partial charge < -0.3 is 14.9 Å². The van der Waals surface area contributed by atoms with Crippen LogP contribution in [0.5, 0.6) is 0 Å². The molecular formula is C49H98O4. The Morgan fingerprint density at radius 3 is 0.736 bits per heavy atom. The highest BCUT2D eigenvalue weighted by Gasteiger charge is 2.07. The topological polar surface area (TPSA) is 66.8 Å². The Kier molecular flexibility index (Phi) is 47.0. The van der Waals surface area contributed by atoms with E-state index in [4.69, 9.17) is 9.84 Å². The lowest BCUT2D eigenvalue weighted by molar-refractivity contribution is -0.147. The number of hydrogen-bond donors (Lipinski definition) is 2. The molecule has 4 nitrogen and oxygen atoms in total. The second-order valence-corrected chi connectivity index (χ2v) is 17.1. The average Bonchev–Trinajstić information content (AvgIpc) is 3.17. The first-order chi connectivity index (χ1) is 26.2. The summed E-state index contributed by atoms with van der Waals surface area (Å²) < 4.78 is 4.93. The number of esters is 1. The molecule has 0 aliphatic rings. The third-order valence-corrected chi connectivity index (χ3v) is 11.6. The maximum atomic E-state index is 11.5. The van der Waals surface area contributed by atoms with Crippen LogP contribution in [0.3, 0.4) is 0 Å². The van der Waals surface area contributed by atoms with Gasteiger partial charge in [-0.05, 0) is 6.42 Å². The largest absolute Gasteiger partial charge is 0.463 e. The second kappa shape index (κ2) is 47.5. The molecule has 1 atom stereocenters. The average molecular weight is 751 g/mol. The van der Waals surface area contributed by atoms with Crippen LogP contribution in [-0.4, -0.2) is 35.5 Å². The zero-order valence-electron chi connectivity index (χ0n) is 36.3. The SMILES string of the molecule is CCCCCCCCCCCCCCCCCCCCCCCCCCCCCCCCCCCCCCCCCCCCCC(=O)OCC(O)CO. The molecule has 4 heteroatoms. The lowest BCUT2D eigenvalue weighted by Crippen LogP contribution is -2.21. The number of aliphatic hydroxyl groups is 2. The normalized spacial score (nSPS) is 12.1. The fourth-order valence-corrected chi connectivity index (χ4v) is 7.90. The summed E-state index contributed by atoms with van der Waals surface area (Å²) >= 11 is 0. The molecule has 0 spiro atoms. The van der Waals surface area contributed by atoms with Gasteiger partial charge in [-0.3, -0.25) is 4.79 Å². The first kappa shape index (κ1) is 52.4. The number of aliphatic hydroxyl groups excluding tert-OH is 2. The number of rotatable bonds is 47. The Bertz CT molecular complexity index is 667. The summed E-state index contributed by atoms with van der Waals surface area (Å²) in [5.74, 6) is -0.269. The Labute approximate surface area is 333 Å². The van der Waals surface area contributed by atoms with E-state index >= 15 is 0 Å². The molecule has 1 unspecified atom stereocenters. The zero-order valence-corrected chi connectivity index (χ0v) is 36.3. The van der Waals surface area contributed by atoms with Gasteiger partial charge in [0, 0.05) is 6.42 Å². The lowest BCUT2D eigenvalue weighted by atomic mass is 10.0. The van der Waals surface area contributed by atoms with Crippen molar-refractivity contribution in [2.75, 3.05) is 13.2 Å².